The van der Waals surface area contributed by atoms with Gasteiger partial charge in [0.1, 0.15) is 5.75 Å². The number of H-pyrrole nitrogens is 1. The van der Waals surface area contributed by atoms with Crippen LogP contribution in [0.3, 0.4) is 0 Å². The molecular formula is C22H22BrN3O. The van der Waals surface area contributed by atoms with E-state index in [0.717, 1.165) is 57.2 Å². The van der Waals surface area contributed by atoms with Gasteiger partial charge in [-0.25, -0.2) is 0 Å². The molecule has 0 saturated carbocycles. The first-order valence-corrected chi connectivity index (χ1v) is 9.94. The first-order valence-electron chi connectivity index (χ1n) is 9.15. The Hall–Kier alpha value is -2.37. The Morgan fingerprint density at radius 3 is 2.81 bits per heavy atom. The summed E-state index contributed by atoms with van der Waals surface area (Å²) in [5.74, 6) is 0.868. The second-order valence-corrected chi connectivity index (χ2v) is 7.48. The number of aryl methyl sites for hydroxylation is 1. The standard InChI is InChI=1S/C22H22BrN3O/c1-27-14-7-10-20-18(13-14)15(5-2-3-11-24)22(26-20)17-8-9-19(23)16-6-4-12-25-21(16)17/h4,6-10,12-13,26H,2-3,5,11,24H2,1H3. The van der Waals surface area contributed by atoms with Gasteiger partial charge >= 0.3 is 0 Å². The van der Waals surface area contributed by atoms with Crippen molar-refractivity contribution in [1.29, 1.82) is 0 Å². The third-order valence-corrected chi connectivity index (χ3v) is 5.67. The van der Waals surface area contributed by atoms with Crippen molar-refractivity contribution in [2.45, 2.75) is 19.3 Å². The predicted octanol–water partition coefficient (Wildman–Crippen LogP) is 5.44. The smallest absolute Gasteiger partial charge is 0.119 e. The molecule has 0 spiro atoms. The van der Waals surface area contributed by atoms with Gasteiger partial charge in [0, 0.05) is 32.5 Å². The molecule has 0 saturated heterocycles. The van der Waals surface area contributed by atoms with Crippen molar-refractivity contribution in [2.75, 3.05) is 13.7 Å². The summed E-state index contributed by atoms with van der Waals surface area (Å²) in [7, 11) is 1.70. The minimum atomic E-state index is 0.712. The summed E-state index contributed by atoms with van der Waals surface area (Å²) in [5.41, 5.74) is 11.4. The molecular weight excluding hydrogens is 402 g/mol. The molecule has 0 aliphatic carbocycles. The molecule has 2 heterocycles. The highest BCUT2D eigenvalue weighted by Crippen LogP contribution is 2.37. The minimum Gasteiger partial charge on any atom is -0.497 e. The molecule has 5 heteroatoms. The molecule has 0 aliphatic rings. The average molecular weight is 424 g/mol. The van der Waals surface area contributed by atoms with Crippen LogP contribution in [0.25, 0.3) is 33.1 Å². The van der Waals surface area contributed by atoms with Crippen molar-refractivity contribution in [3.05, 3.63) is 58.7 Å². The Morgan fingerprint density at radius 1 is 1.11 bits per heavy atom. The number of nitrogens with one attached hydrogen (secondary N) is 1. The van der Waals surface area contributed by atoms with E-state index >= 15 is 0 Å². The molecule has 27 heavy (non-hydrogen) atoms. The van der Waals surface area contributed by atoms with E-state index in [2.05, 4.69) is 56.2 Å². The van der Waals surface area contributed by atoms with Crippen LogP contribution in [0.4, 0.5) is 0 Å². The molecule has 0 bridgehead atoms. The van der Waals surface area contributed by atoms with E-state index in [1.54, 1.807) is 7.11 Å². The maximum atomic E-state index is 5.72. The van der Waals surface area contributed by atoms with Crippen LogP contribution in [0, 0.1) is 0 Å². The van der Waals surface area contributed by atoms with Gasteiger partial charge in [-0.15, -0.1) is 0 Å². The third-order valence-electron chi connectivity index (χ3n) is 4.98. The molecule has 4 aromatic rings. The van der Waals surface area contributed by atoms with Gasteiger partial charge in [-0.05, 0) is 67.8 Å². The molecule has 0 aliphatic heterocycles. The number of unbranched alkanes of at least 4 members (excludes halogenated alkanes) is 1. The van der Waals surface area contributed by atoms with Gasteiger partial charge in [0.05, 0.1) is 18.3 Å². The summed E-state index contributed by atoms with van der Waals surface area (Å²) in [6.45, 7) is 0.712. The van der Waals surface area contributed by atoms with Crippen molar-refractivity contribution in [3.8, 4) is 17.0 Å². The summed E-state index contributed by atoms with van der Waals surface area (Å²) in [5, 5.41) is 2.31. The number of halogens is 1. The summed E-state index contributed by atoms with van der Waals surface area (Å²) in [6, 6.07) is 14.5. The van der Waals surface area contributed by atoms with Gasteiger partial charge in [0.15, 0.2) is 0 Å². The highest BCUT2D eigenvalue weighted by Gasteiger charge is 2.17. The highest BCUT2D eigenvalue weighted by molar-refractivity contribution is 9.10. The van der Waals surface area contributed by atoms with Crippen LogP contribution in [-0.2, 0) is 6.42 Å². The molecule has 0 unspecified atom stereocenters. The molecule has 0 fully saturated rings. The van der Waals surface area contributed by atoms with E-state index in [1.165, 1.54) is 10.9 Å². The van der Waals surface area contributed by atoms with Crippen LogP contribution in [-0.4, -0.2) is 23.6 Å². The van der Waals surface area contributed by atoms with Gasteiger partial charge in [-0.3, -0.25) is 4.98 Å². The topological polar surface area (TPSA) is 63.9 Å². The maximum Gasteiger partial charge on any atom is 0.119 e. The Labute approximate surface area is 166 Å². The number of benzene rings is 2. The van der Waals surface area contributed by atoms with Crippen LogP contribution in [0.5, 0.6) is 5.75 Å². The zero-order chi connectivity index (χ0) is 18.8. The molecule has 0 radical (unpaired) electrons. The summed E-state index contributed by atoms with van der Waals surface area (Å²) in [4.78, 5) is 8.29. The minimum absolute atomic E-state index is 0.712. The van der Waals surface area contributed by atoms with Crippen LogP contribution in [0.1, 0.15) is 18.4 Å². The molecule has 138 valence electrons. The van der Waals surface area contributed by atoms with E-state index in [1.807, 2.05) is 18.3 Å². The van der Waals surface area contributed by atoms with Gasteiger partial charge in [0.25, 0.3) is 0 Å². The number of ether oxygens (including phenoxy) is 1. The number of aromatic amines is 1. The molecule has 3 N–H and O–H groups in total. The highest BCUT2D eigenvalue weighted by atomic mass is 79.9. The fourth-order valence-corrected chi connectivity index (χ4v) is 4.08. The Bertz CT molecular complexity index is 1100. The van der Waals surface area contributed by atoms with Crippen molar-refractivity contribution in [1.82, 2.24) is 9.97 Å². The first kappa shape index (κ1) is 18.0. The van der Waals surface area contributed by atoms with E-state index in [9.17, 15) is 0 Å². The van der Waals surface area contributed by atoms with Crippen molar-refractivity contribution >= 4 is 37.7 Å². The molecule has 4 nitrogen and oxygen atoms in total. The van der Waals surface area contributed by atoms with Gasteiger partial charge in [0.2, 0.25) is 0 Å². The van der Waals surface area contributed by atoms with Crippen molar-refractivity contribution in [2.24, 2.45) is 5.73 Å². The molecule has 4 rings (SSSR count). The lowest BCUT2D eigenvalue weighted by molar-refractivity contribution is 0.415. The molecule has 2 aromatic carbocycles. The Kier molecular flexibility index (Phi) is 5.14. The number of nitrogens with two attached hydrogens (primary N) is 1. The quantitative estimate of drug-likeness (QED) is 0.406. The zero-order valence-electron chi connectivity index (χ0n) is 15.3. The third kappa shape index (κ3) is 3.33. The molecule has 0 amide bonds. The Morgan fingerprint density at radius 2 is 2.00 bits per heavy atom. The maximum absolute atomic E-state index is 5.72. The number of pyridine rings is 1. The largest absolute Gasteiger partial charge is 0.497 e. The lowest BCUT2D eigenvalue weighted by atomic mass is 9.98. The van der Waals surface area contributed by atoms with Crippen LogP contribution >= 0.6 is 15.9 Å². The average Bonchev–Trinajstić information content (AvgIpc) is 3.06. The van der Waals surface area contributed by atoms with Crippen molar-refractivity contribution < 1.29 is 4.74 Å². The predicted molar refractivity (Wildman–Crippen MR) is 115 cm³/mol. The number of rotatable bonds is 6. The first-order chi connectivity index (χ1) is 13.2. The summed E-state index contributed by atoms with van der Waals surface area (Å²) in [6.07, 6.45) is 4.87. The normalized spacial score (nSPS) is 11.4. The van der Waals surface area contributed by atoms with E-state index in [-0.39, 0.29) is 0 Å². The number of hydrogen-bond donors (Lipinski definition) is 2. The number of hydrogen-bond acceptors (Lipinski definition) is 3. The number of nitrogens with zero attached hydrogens (tertiary/aromatic N) is 1. The van der Waals surface area contributed by atoms with Crippen LogP contribution in [0.2, 0.25) is 0 Å². The second kappa shape index (κ2) is 7.71. The Balaban J connectivity index is 1.96. The molecule has 2 aromatic heterocycles. The SMILES string of the molecule is COc1ccc2[nH]c(-c3ccc(Br)c4cccnc34)c(CCCCN)c2c1. The summed E-state index contributed by atoms with van der Waals surface area (Å²) >= 11 is 3.65. The number of aromatic nitrogens is 2. The fraction of sp³-hybridized carbons (Fsp3) is 0.227. The fourth-order valence-electron chi connectivity index (χ4n) is 3.63. The van der Waals surface area contributed by atoms with Crippen molar-refractivity contribution in [3.63, 3.8) is 0 Å². The van der Waals surface area contributed by atoms with Gasteiger partial charge in [-0.2, -0.15) is 0 Å². The lowest BCUT2D eigenvalue weighted by Gasteiger charge is -2.09. The second-order valence-electron chi connectivity index (χ2n) is 6.63. The van der Waals surface area contributed by atoms with E-state index in [4.69, 9.17) is 10.5 Å². The number of fused-ring (bicyclic) bond motifs is 2. The van der Waals surface area contributed by atoms with Gasteiger partial charge < -0.3 is 15.5 Å². The molecule has 0 atom stereocenters. The summed E-state index contributed by atoms with van der Waals surface area (Å²) < 4.78 is 6.50. The van der Waals surface area contributed by atoms with E-state index < -0.39 is 0 Å². The van der Waals surface area contributed by atoms with Crippen LogP contribution < -0.4 is 10.5 Å². The van der Waals surface area contributed by atoms with Gasteiger partial charge in [-0.1, -0.05) is 22.0 Å². The number of methoxy groups -OCH3 is 1. The van der Waals surface area contributed by atoms with Crippen LogP contribution in [0.15, 0.2) is 53.1 Å². The zero-order valence-corrected chi connectivity index (χ0v) is 16.8. The lowest BCUT2D eigenvalue weighted by Crippen LogP contribution is -1.99. The monoisotopic (exact) mass is 423 g/mol. The van der Waals surface area contributed by atoms with E-state index in [0.29, 0.717) is 6.54 Å².